The fourth-order valence-corrected chi connectivity index (χ4v) is 1.66. The molecule has 2 aromatic rings. The van der Waals surface area contributed by atoms with Gasteiger partial charge in [-0.05, 0) is 23.6 Å². The van der Waals surface area contributed by atoms with Crippen LogP contribution in [0.2, 0.25) is 0 Å². The number of aromatic nitrogens is 2. The van der Waals surface area contributed by atoms with E-state index in [0.29, 0.717) is 17.3 Å². The summed E-state index contributed by atoms with van der Waals surface area (Å²) < 4.78 is 31.1. The van der Waals surface area contributed by atoms with Crippen LogP contribution < -0.4 is 5.73 Å². The second kappa shape index (κ2) is 5.44. The van der Waals surface area contributed by atoms with Gasteiger partial charge < -0.3 is 10.3 Å². The molecule has 4 nitrogen and oxygen atoms in total. The van der Waals surface area contributed by atoms with E-state index >= 15 is 0 Å². The largest absolute Gasteiger partial charge is 0.338 e. The zero-order chi connectivity index (χ0) is 14.0. The van der Waals surface area contributed by atoms with Crippen molar-refractivity contribution in [2.45, 2.75) is 26.3 Å². The minimum Gasteiger partial charge on any atom is -0.338 e. The number of rotatable bonds is 4. The van der Waals surface area contributed by atoms with E-state index in [1.54, 1.807) is 0 Å². The first-order valence-electron chi connectivity index (χ1n) is 5.98. The topological polar surface area (TPSA) is 64.9 Å². The van der Waals surface area contributed by atoms with Crippen LogP contribution in [0.5, 0.6) is 0 Å². The SMILES string of the molecule is CC(C)C(N)c1nc(Cc2cc(F)cc(F)c2)no1. The Kier molecular flexibility index (Phi) is 3.90. The maximum Gasteiger partial charge on any atom is 0.243 e. The van der Waals surface area contributed by atoms with Crippen LogP contribution in [0.25, 0.3) is 0 Å². The molecule has 19 heavy (non-hydrogen) atoms. The molecule has 1 heterocycles. The molecule has 2 N–H and O–H groups in total. The van der Waals surface area contributed by atoms with Crippen molar-refractivity contribution in [3.63, 3.8) is 0 Å². The van der Waals surface area contributed by atoms with Gasteiger partial charge in [0, 0.05) is 12.5 Å². The van der Waals surface area contributed by atoms with Crippen LogP contribution in [0.4, 0.5) is 8.78 Å². The molecule has 1 aromatic carbocycles. The molecule has 0 spiro atoms. The van der Waals surface area contributed by atoms with Crippen molar-refractivity contribution in [2.24, 2.45) is 11.7 Å². The lowest BCUT2D eigenvalue weighted by Crippen LogP contribution is -2.17. The average molecular weight is 267 g/mol. The fourth-order valence-electron chi connectivity index (χ4n) is 1.66. The van der Waals surface area contributed by atoms with E-state index in [2.05, 4.69) is 10.1 Å². The third kappa shape index (κ3) is 3.35. The van der Waals surface area contributed by atoms with E-state index in [-0.39, 0.29) is 18.4 Å². The van der Waals surface area contributed by atoms with E-state index in [1.807, 2.05) is 13.8 Å². The van der Waals surface area contributed by atoms with Crippen molar-refractivity contribution in [1.82, 2.24) is 10.1 Å². The molecule has 0 fully saturated rings. The van der Waals surface area contributed by atoms with Crippen LogP contribution in [0, 0.1) is 17.6 Å². The van der Waals surface area contributed by atoms with E-state index in [1.165, 1.54) is 12.1 Å². The molecule has 1 unspecified atom stereocenters. The summed E-state index contributed by atoms with van der Waals surface area (Å²) in [7, 11) is 0. The molecule has 0 amide bonds. The quantitative estimate of drug-likeness (QED) is 0.924. The molecule has 0 bridgehead atoms. The number of hydrogen-bond donors (Lipinski definition) is 1. The normalized spacial score (nSPS) is 12.9. The van der Waals surface area contributed by atoms with Gasteiger partial charge in [0.05, 0.1) is 6.04 Å². The Bertz CT molecular complexity index is 549. The molecule has 0 saturated carbocycles. The molecule has 0 radical (unpaired) electrons. The van der Waals surface area contributed by atoms with E-state index in [4.69, 9.17) is 10.3 Å². The number of nitrogens with zero attached hydrogens (tertiary/aromatic N) is 2. The Balaban J connectivity index is 2.15. The number of hydrogen-bond acceptors (Lipinski definition) is 4. The predicted octanol–water partition coefficient (Wildman–Crippen LogP) is 2.59. The second-order valence-electron chi connectivity index (χ2n) is 4.77. The summed E-state index contributed by atoms with van der Waals surface area (Å²) in [5.41, 5.74) is 6.32. The third-order valence-corrected chi connectivity index (χ3v) is 2.77. The molecular formula is C13H15F2N3O. The highest BCUT2D eigenvalue weighted by atomic mass is 19.1. The zero-order valence-electron chi connectivity index (χ0n) is 10.7. The van der Waals surface area contributed by atoms with Crippen molar-refractivity contribution < 1.29 is 13.3 Å². The summed E-state index contributed by atoms with van der Waals surface area (Å²) in [5, 5.41) is 3.76. The average Bonchev–Trinajstić information content (AvgIpc) is 2.74. The molecule has 102 valence electrons. The molecule has 0 aliphatic carbocycles. The highest BCUT2D eigenvalue weighted by molar-refractivity contribution is 5.21. The second-order valence-corrected chi connectivity index (χ2v) is 4.77. The van der Waals surface area contributed by atoms with E-state index in [0.717, 1.165) is 6.07 Å². The Labute approximate surface area is 109 Å². The van der Waals surface area contributed by atoms with Crippen molar-refractivity contribution in [3.8, 4) is 0 Å². The minimum atomic E-state index is -0.627. The highest BCUT2D eigenvalue weighted by Crippen LogP contribution is 2.18. The van der Waals surface area contributed by atoms with E-state index < -0.39 is 11.6 Å². The molecule has 6 heteroatoms. The van der Waals surface area contributed by atoms with Gasteiger partial charge in [-0.15, -0.1) is 0 Å². The van der Waals surface area contributed by atoms with Crippen molar-refractivity contribution in [1.29, 1.82) is 0 Å². The van der Waals surface area contributed by atoms with Crippen molar-refractivity contribution in [2.75, 3.05) is 0 Å². The van der Waals surface area contributed by atoms with Gasteiger partial charge in [0.25, 0.3) is 0 Å². The Morgan fingerprint density at radius 2 is 1.84 bits per heavy atom. The Morgan fingerprint density at radius 3 is 2.42 bits per heavy atom. The molecule has 0 aliphatic heterocycles. The molecule has 0 saturated heterocycles. The predicted molar refractivity (Wildman–Crippen MR) is 65.2 cm³/mol. The van der Waals surface area contributed by atoms with Crippen LogP contribution >= 0.6 is 0 Å². The van der Waals surface area contributed by atoms with Crippen LogP contribution in [0.1, 0.15) is 37.2 Å². The first-order valence-corrected chi connectivity index (χ1v) is 5.98. The smallest absolute Gasteiger partial charge is 0.243 e. The zero-order valence-corrected chi connectivity index (χ0v) is 10.7. The summed E-state index contributed by atoms with van der Waals surface area (Å²) >= 11 is 0. The van der Waals surface area contributed by atoms with Crippen molar-refractivity contribution >= 4 is 0 Å². The van der Waals surface area contributed by atoms with Gasteiger partial charge in [-0.2, -0.15) is 4.98 Å². The minimum absolute atomic E-state index is 0.167. The third-order valence-electron chi connectivity index (χ3n) is 2.77. The van der Waals surface area contributed by atoms with Gasteiger partial charge in [-0.1, -0.05) is 19.0 Å². The number of halogens is 2. The molecule has 0 aliphatic rings. The summed E-state index contributed by atoms with van der Waals surface area (Å²) in [4.78, 5) is 4.14. The van der Waals surface area contributed by atoms with Crippen LogP contribution in [0.15, 0.2) is 22.7 Å². The molecular weight excluding hydrogens is 252 g/mol. The molecule has 2 rings (SSSR count). The van der Waals surface area contributed by atoms with E-state index in [9.17, 15) is 8.78 Å². The van der Waals surface area contributed by atoms with Gasteiger partial charge >= 0.3 is 0 Å². The van der Waals surface area contributed by atoms with Gasteiger partial charge in [0.2, 0.25) is 5.89 Å². The lowest BCUT2D eigenvalue weighted by Gasteiger charge is -2.09. The van der Waals surface area contributed by atoms with Gasteiger partial charge in [-0.25, -0.2) is 8.78 Å². The van der Waals surface area contributed by atoms with Crippen LogP contribution in [0.3, 0.4) is 0 Å². The maximum absolute atomic E-state index is 13.0. The van der Waals surface area contributed by atoms with Gasteiger partial charge in [-0.3, -0.25) is 0 Å². The summed E-state index contributed by atoms with van der Waals surface area (Å²) in [6.07, 6.45) is 0.197. The monoisotopic (exact) mass is 267 g/mol. The number of nitrogens with two attached hydrogens (primary N) is 1. The lowest BCUT2D eigenvalue weighted by molar-refractivity contribution is 0.322. The first-order chi connectivity index (χ1) is 8.95. The molecule has 1 aromatic heterocycles. The van der Waals surface area contributed by atoms with Crippen molar-refractivity contribution in [3.05, 3.63) is 47.1 Å². The first kappa shape index (κ1) is 13.6. The van der Waals surface area contributed by atoms with Gasteiger partial charge in [0.1, 0.15) is 11.6 Å². The van der Waals surface area contributed by atoms with Crippen LogP contribution in [-0.2, 0) is 6.42 Å². The standard InChI is InChI=1S/C13H15F2N3O/c1-7(2)12(16)13-17-11(18-19-13)5-8-3-9(14)6-10(15)4-8/h3-4,6-7,12H,5,16H2,1-2H3. The summed E-state index contributed by atoms with van der Waals surface area (Å²) in [6.45, 7) is 3.88. The Morgan fingerprint density at radius 1 is 1.21 bits per heavy atom. The number of benzene rings is 1. The summed E-state index contributed by atoms with van der Waals surface area (Å²) in [6, 6.07) is 2.95. The lowest BCUT2D eigenvalue weighted by atomic mass is 10.1. The summed E-state index contributed by atoms with van der Waals surface area (Å²) in [5.74, 6) is -0.395. The maximum atomic E-state index is 13.0. The van der Waals surface area contributed by atoms with Crippen LogP contribution in [-0.4, -0.2) is 10.1 Å². The molecule has 1 atom stereocenters. The van der Waals surface area contributed by atoms with Gasteiger partial charge in [0.15, 0.2) is 5.82 Å². The Hall–Kier alpha value is -1.82. The fraction of sp³-hybridized carbons (Fsp3) is 0.385. The highest BCUT2D eigenvalue weighted by Gasteiger charge is 2.18.